The molecule has 84 heavy (non-hydrogen) atoms. The number of nitrogens with zero attached hydrogens (tertiary/aromatic N) is 2. The number of amides is 2. The summed E-state index contributed by atoms with van der Waals surface area (Å²) in [6.07, 6.45) is 4.50. The van der Waals surface area contributed by atoms with Gasteiger partial charge in [-0.3, -0.25) is 19.2 Å². The molecule has 0 bridgehead atoms. The van der Waals surface area contributed by atoms with Gasteiger partial charge in [-0.1, -0.05) is 131 Å². The van der Waals surface area contributed by atoms with Crippen LogP contribution in [0.15, 0.2) is 34.0 Å². The Morgan fingerprint density at radius 1 is 0.738 bits per heavy atom. The van der Waals surface area contributed by atoms with Crippen molar-refractivity contribution >= 4 is 82.9 Å². The topological polar surface area (TPSA) is 242 Å². The van der Waals surface area contributed by atoms with Crippen LogP contribution in [0.5, 0.6) is 0 Å². The van der Waals surface area contributed by atoms with Crippen LogP contribution in [0, 0.1) is 63.1 Å². The van der Waals surface area contributed by atoms with Crippen molar-refractivity contribution in [3.63, 3.8) is 0 Å². The molecule has 2 fully saturated rings. The quantitative estimate of drug-likeness (QED) is 0.0262. The van der Waals surface area contributed by atoms with Crippen LogP contribution in [0.4, 0.5) is 5.82 Å². The zero-order valence-corrected chi connectivity index (χ0v) is 59.0. The van der Waals surface area contributed by atoms with Crippen LogP contribution < -0.4 is 5.32 Å². The van der Waals surface area contributed by atoms with E-state index in [2.05, 4.69) is 119 Å². The van der Waals surface area contributed by atoms with Crippen LogP contribution in [-0.2, 0) is 62.5 Å². The van der Waals surface area contributed by atoms with Crippen LogP contribution in [0.2, 0.25) is 0 Å². The van der Waals surface area contributed by atoms with Crippen LogP contribution in [0.1, 0.15) is 217 Å². The van der Waals surface area contributed by atoms with Gasteiger partial charge in [0, 0.05) is 66.6 Å². The number of carbonyl (C=O) groups excluding carboxylic acids is 5. The average Bonchev–Trinajstić information content (AvgIpc) is 1.70. The molecule has 1 aromatic rings. The molecule has 2 aliphatic carbocycles. The predicted octanol–water partition coefficient (Wildman–Crippen LogP) is 14.7. The van der Waals surface area contributed by atoms with Gasteiger partial charge in [0.2, 0.25) is 5.91 Å². The molecule has 1 aromatic heterocycles. The summed E-state index contributed by atoms with van der Waals surface area (Å²) in [5, 5.41) is 25.0. The molecule has 2 saturated carbocycles. The number of carboxylic acid groups (broad SMARTS) is 2. The van der Waals surface area contributed by atoms with Crippen molar-refractivity contribution in [1.29, 1.82) is 0 Å². The van der Waals surface area contributed by atoms with Gasteiger partial charge < -0.3 is 45.0 Å². The molecule has 0 spiro atoms. The number of allylic oxidation sites excluding steroid dienone is 1. The number of aliphatic imine (C=N–C) groups is 1. The van der Waals surface area contributed by atoms with Crippen LogP contribution in [0.25, 0.3) is 11.4 Å². The largest absolute Gasteiger partial charge is 0.481 e. The number of unbranched alkanes of at least 4 members (excludes halogenated alkanes) is 1. The number of amidine groups is 1. The number of ether oxygens (including phenoxy) is 3. The Balaban J connectivity index is 0.0000185. The van der Waals surface area contributed by atoms with Crippen molar-refractivity contribution in [3.05, 3.63) is 51.1 Å². The number of carbonyl (C=O) groups is 7. The van der Waals surface area contributed by atoms with Gasteiger partial charge in [0.1, 0.15) is 35.4 Å². The van der Waals surface area contributed by atoms with Crippen molar-refractivity contribution in [2.45, 2.75) is 218 Å². The Kier molecular flexibility index (Phi) is 27.0. The number of hydrogen-bond donors (Lipinski definition) is 4. The molecule has 1 aliphatic heterocycles. The van der Waals surface area contributed by atoms with E-state index in [0.29, 0.717) is 58.7 Å². The van der Waals surface area contributed by atoms with Gasteiger partial charge >= 0.3 is 29.8 Å². The van der Waals surface area contributed by atoms with E-state index < -0.39 is 70.8 Å². The molecule has 0 aromatic carbocycles. The number of aromatic amines is 1. The first-order chi connectivity index (χ1) is 38.1. The molecule has 6 atom stereocenters. The number of rotatable bonds is 23. The summed E-state index contributed by atoms with van der Waals surface area (Å²) in [5.41, 5.74) is 1.35. The number of nitrogens with one attached hydrogen (secondary N) is 2. The van der Waals surface area contributed by atoms with E-state index in [4.69, 9.17) is 19.5 Å². The van der Waals surface area contributed by atoms with Gasteiger partial charge in [-0.05, 0) is 132 Å². The smallest absolute Gasteiger partial charge is 0.342 e. The molecule has 16 nitrogen and oxygen atoms in total. The molecule has 2 amide bonds. The van der Waals surface area contributed by atoms with Crippen molar-refractivity contribution in [3.8, 4) is 0 Å². The molecule has 2 heterocycles. The first-order valence-electron chi connectivity index (χ1n) is 29.9. The second kappa shape index (κ2) is 30.6. The van der Waals surface area contributed by atoms with Gasteiger partial charge in [0.25, 0.3) is 0 Å². The van der Waals surface area contributed by atoms with Crippen molar-refractivity contribution in [1.82, 2.24) is 4.98 Å². The maximum atomic E-state index is 15.4. The summed E-state index contributed by atoms with van der Waals surface area (Å²) in [5.74, 6) is -4.44. The number of hydrogen-bond acceptors (Lipinski definition) is 12. The third-order valence-electron chi connectivity index (χ3n) is 16.7. The number of carboxylic acids is 2. The predicted molar refractivity (Wildman–Crippen MR) is 334 cm³/mol. The maximum Gasteiger partial charge on any atom is 0.342 e. The Hall–Kier alpha value is -4.22. The number of anilines is 1. The standard InChI is InChI=1S/C65H102N4O12S2.Zn/c1-34(2)49-44(66-55(68-47(70)24-22-23-26-83-46(58(74)75)33-48(71)72)51(49)60(77)80-53-40(62(10,11)12)28-37(7)29-41(53)63(13,14)15)32-45-50(35(3)4)52(56(67-45)69-57(73)39(9)82-27-25-79-59(76)36(5)6)61(78)81-54-42(64(16,17)18)30-38(8)31-43(54)65(19,20)21;/h32,34-35,37-43,46,53-54H,5,22-31,33H2,1-4,6-21H3,(H5,66,67,68,69,70,71,72,73,74,75,77,78);/p-1. The first-order valence-corrected chi connectivity index (χ1v) is 32.0. The Bertz CT molecular complexity index is 2600. The van der Waals surface area contributed by atoms with Crippen LogP contribution in [-0.4, -0.2) is 104 Å². The SMILES string of the molecule is C=C(C)C(=O)OCCSC(C)C(=O)N=C1[N-]C(=Cc2[nH]c(NC(=O)CCCCSC(CC(=O)O)C(=O)O)c(C(=O)OC3C(C(C)(C)C)CC(C)CC3C(C)(C)C)c2C(C)C)C(C(C)C)=C1C(=O)OC1C(C(C)(C)C)CC(C)CC1C(C)(C)C.[Zn]. The molecule has 4 rings (SSSR count). The molecule has 468 valence electrons. The summed E-state index contributed by atoms with van der Waals surface area (Å²) in [6.45, 7) is 45.4. The summed E-state index contributed by atoms with van der Waals surface area (Å²) < 4.78 is 19.0. The summed E-state index contributed by atoms with van der Waals surface area (Å²) in [6, 6.07) is 0. The Labute approximate surface area is 523 Å². The third-order valence-corrected chi connectivity index (χ3v) is 19.1. The van der Waals surface area contributed by atoms with Crippen LogP contribution in [0.3, 0.4) is 0 Å². The minimum Gasteiger partial charge on any atom is -0.481 e. The number of H-pyrrole nitrogens is 1. The van der Waals surface area contributed by atoms with E-state index in [9.17, 15) is 34.2 Å². The molecule has 0 radical (unpaired) electrons. The fourth-order valence-electron chi connectivity index (χ4n) is 12.2. The summed E-state index contributed by atoms with van der Waals surface area (Å²) in [4.78, 5) is 102. The van der Waals surface area contributed by atoms with E-state index in [1.54, 1.807) is 19.9 Å². The van der Waals surface area contributed by atoms with Crippen molar-refractivity contribution < 1.29 is 77.5 Å². The van der Waals surface area contributed by atoms with Gasteiger partial charge in [0.05, 0.1) is 17.2 Å². The van der Waals surface area contributed by atoms with E-state index in [-0.39, 0.29) is 118 Å². The van der Waals surface area contributed by atoms with Gasteiger partial charge in [-0.25, -0.2) is 14.4 Å². The van der Waals surface area contributed by atoms with Crippen molar-refractivity contribution in [2.75, 3.05) is 23.4 Å². The number of aliphatic carboxylic acids is 2. The molecular formula is C65H101N4O12S2Zn-. The minimum atomic E-state index is -1.22. The maximum absolute atomic E-state index is 15.4. The van der Waals surface area contributed by atoms with E-state index in [0.717, 1.165) is 37.4 Å². The fraction of sp³-hybridized carbons (Fsp3) is 0.723. The molecule has 3 aliphatic rings. The van der Waals surface area contributed by atoms with Crippen molar-refractivity contribution in [2.24, 2.45) is 68.1 Å². The van der Waals surface area contributed by atoms with Gasteiger partial charge in [-0.15, -0.1) is 23.5 Å². The Morgan fingerprint density at radius 2 is 1.23 bits per heavy atom. The van der Waals surface area contributed by atoms with Gasteiger partial charge in [0.15, 0.2) is 5.91 Å². The zero-order valence-electron chi connectivity index (χ0n) is 54.4. The minimum absolute atomic E-state index is 0. The number of aromatic nitrogens is 1. The fourth-order valence-corrected chi connectivity index (χ4v) is 14.0. The molecule has 19 heteroatoms. The summed E-state index contributed by atoms with van der Waals surface area (Å²) in [7, 11) is 0. The van der Waals surface area contributed by atoms with Gasteiger partial charge in [-0.2, -0.15) is 0 Å². The number of thioether (sulfide) groups is 2. The van der Waals surface area contributed by atoms with E-state index in [1.807, 2.05) is 27.7 Å². The molecule has 6 unspecified atom stereocenters. The Morgan fingerprint density at radius 3 is 1.65 bits per heavy atom. The average molecular weight is 1260 g/mol. The molecule has 4 N–H and O–H groups in total. The second-order valence-electron chi connectivity index (χ2n) is 28.7. The number of esters is 3. The molecular weight excluding hydrogens is 1160 g/mol. The second-order valence-corrected chi connectivity index (χ2v) is 31.5. The summed E-state index contributed by atoms with van der Waals surface area (Å²) >= 11 is 2.26. The third kappa shape index (κ3) is 20.2. The zero-order chi connectivity index (χ0) is 63.0. The van der Waals surface area contributed by atoms with Crippen LogP contribution >= 0.6 is 23.5 Å². The molecule has 0 saturated heterocycles. The van der Waals surface area contributed by atoms with E-state index in [1.165, 1.54) is 11.8 Å². The monoisotopic (exact) mass is 1260 g/mol. The first kappa shape index (κ1) is 74.0. The normalized spacial score (nSPS) is 24.1. The van der Waals surface area contributed by atoms with E-state index >= 15 is 9.59 Å².